The fraction of sp³-hybridized carbons (Fsp3) is 0.588. The van der Waals surface area contributed by atoms with Crippen LogP contribution in [0.1, 0.15) is 67.8 Å². The molecule has 0 amide bonds. The average Bonchev–Trinajstić information content (AvgIpc) is 2.36. The first-order chi connectivity index (χ1) is 9.27. The molecule has 0 radical (unpaired) electrons. The summed E-state index contributed by atoms with van der Waals surface area (Å²) in [5.74, 6) is 0.759. The minimum atomic E-state index is -0.267. The summed E-state index contributed by atoms with van der Waals surface area (Å²) in [4.78, 5) is 12.7. The molecule has 0 aromatic heterocycles. The van der Waals surface area contributed by atoms with Gasteiger partial charge >= 0.3 is 0 Å². The van der Waals surface area contributed by atoms with Crippen LogP contribution in [0.2, 0.25) is 0 Å². The molecule has 1 saturated carbocycles. The van der Waals surface area contributed by atoms with Crippen molar-refractivity contribution in [1.29, 1.82) is 0 Å². The van der Waals surface area contributed by atoms with E-state index in [9.17, 15) is 4.79 Å². The third-order valence-electron chi connectivity index (χ3n) is 3.98. The second-order valence-electron chi connectivity index (χ2n) is 5.31. The van der Waals surface area contributed by atoms with Crippen molar-refractivity contribution < 1.29 is 9.53 Å². The van der Waals surface area contributed by atoms with Crippen LogP contribution in [0.15, 0.2) is 24.3 Å². The Kier molecular flexibility index (Phi) is 5.15. The zero-order valence-corrected chi connectivity index (χ0v) is 12.0. The van der Waals surface area contributed by atoms with Gasteiger partial charge in [0.1, 0.15) is 6.10 Å². The third-order valence-corrected chi connectivity index (χ3v) is 3.98. The summed E-state index contributed by atoms with van der Waals surface area (Å²) in [6.07, 6.45) is 5.25. The van der Waals surface area contributed by atoms with E-state index in [1.165, 1.54) is 24.8 Å². The van der Waals surface area contributed by atoms with E-state index in [0.717, 1.165) is 18.4 Å². The van der Waals surface area contributed by atoms with Crippen LogP contribution in [0.3, 0.4) is 0 Å². The van der Waals surface area contributed by atoms with Crippen LogP contribution in [-0.4, -0.2) is 18.5 Å². The van der Waals surface area contributed by atoms with E-state index in [-0.39, 0.29) is 11.9 Å². The van der Waals surface area contributed by atoms with Crippen LogP contribution in [0, 0.1) is 0 Å². The molecule has 104 valence electrons. The van der Waals surface area contributed by atoms with Gasteiger partial charge in [-0.1, -0.05) is 44.0 Å². The van der Waals surface area contributed by atoms with Crippen LogP contribution in [0.4, 0.5) is 0 Å². The molecule has 1 aromatic rings. The molecule has 1 aliphatic rings. The van der Waals surface area contributed by atoms with E-state index in [2.05, 4.69) is 13.0 Å². The normalized spacial score (nSPS) is 16.9. The van der Waals surface area contributed by atoms with Crippen molar-refractivity contribution in [2.75, 3.05) is 6.61 Å². The SMILES string of the molecule is CCCC(OCC)C(=O)c1ccccc1C1CCC1. The summed E-state index contributed by atoms with van der Waals surface area (Å²) < 4.78 is 5.64. The molecule has 1 unspecified atom stereocenters. The zero-order valence-electron chi connectivity index (χ0n) is 12.0. The van der Waals surface area contributed by atoms with E-state index in [0.29, 0.717) is 12.5 Å². The van der Waals surface area contributed by atoms with Gasteiger partial charge in [0.05, 0.1) is 0 Å². The minimum absolute atomic E-state index is 0.172. The molecule has 1 aromatic carbocycles. The van der Waals surface area contributed by atoms with Gasteiger partial charge in [-0.2, -0.15) is 0 Å². The van der Waals surface area contributed by atoms with Gasteiger partial charge in [0.15, 0.2) is 5.78 Å². The first-order valence-corrected chi connectivity index (χ1v) is 7.52. The maximum absolute atomic E-state index is 12.7. The Balaban J connectivity index is 2.21. The molecular formula is C17H24O2. The number of benzene rings is 1. The fourth-order valence-electron chi connectivity index (χ4n) is 2.72. The molecule has 0 heterocycles. The average molecular weight is 260 g/mol. The van der Waals surface area contributed by atoms with Gasteiger partial charge in [-0.15, -0.1) is 0 Å². The maximum Gasteiger partial charge on any atom is 0.191 e. The predicted molar refractivity (Wildman–Crippen MR) is 77.7 cm³/mol. The number of hydrogen-bond acceptors (Lipinski definition) is 2. The first kappa shape index (κ1) is 14.3. The van der Waals surface area contributed by atoms with Crippen molar-refractivity contribution in [2.24, 2.45) is 0 Å². The lowest BCUT2D eigenvalue weighted by Crippen LogP contribution is -2.26. The topological polar surface area (TPSA) is 26.3 Å². The van der Waals surface area contributed by atoms with Gasteiger partial charge in [0.2, 0.25) is 0 Å². The molecule has 19 heavy (non-hydrogen) atoms. The largest absolute Gasteiger partial charge is 0.370 e. The third kappa shape index (κ3) is 3.24. The lowest BCUT2D eigenvalue weighted by atomic mass is 9.77. The number of hydrogen-bond donors (Lipinski definition) is 0. The van der Waals surface area contributed by atoms with Crippen molar-refractivity contribution in [3.8, 4) is 0 Å². The molecule has 0 saturated heterocycles. The van der Waals surface area contributed by atoms with Crippen molar-refractivity contribution >= 4 is 5.78 Å². The standard InChI is InChI=1S/C17H24O2/c1-3-8-16(19-4-2)17(18)15-12-6-5-11-14(15)13-9-7-10-13/h5-6,11-13,16H,3-4,7-10H2,1-2H3. The quantitative estimate of drug-likeness (QED) is 0.682. The highest BCUT2D eigenvalue weighted by molar-refractivity contribution is 6.01. The van der Waals surface area contributed by atoms with Gasteiger partial charge in [-0.05, 0) is 37.7 Å². The predicted octanol–water partition coefficient (Wildman–Crippen LogP) is 4.34. The van der Waals surface area contributed by atoms with Crippen molar-refractivity contribution in [2.45, 2.75) is 58.0 Å². The van der Waals surface area contributed by atoms with E-state index in [1.54, 1.807) is 0 Å². The van der Waals surface area contributed by atoms with Crippen LogP contribution in [0.25, 0.3) is 0 Å². The molecular weight excluding hydrogens is 236 g/mol. The molecule has 2 heteroatoms. The van der Waals surface area contributed by atoms with E-state index < -0.39 is 0 Å². The second kappa shape index (κ2) is 6.85. The summed E-state index contributed by atoms with van der Waals surface area (Å²) in [6, 6.07) is 8.09. The Hall–Kier alpha value is -1.15. The van der Waals surface area contributed by atoms with Crippen LogP contribution in [0.5, 0.6) is 0 Å². The molecule has 1 aliphatic carbocycles. The lowest BCUT2D eigenvalue weighted by Gasteiger charge is -2.28. The van der Waals surface area contributed by atoms with E-state index in [1.807, 2.05) is 25.1 Å². The number of Topliss-reactive ketones (excluding diaryl/α,β-unsaturated/α-hetero) is 1. The zero-order chi connectivity index (χ0) is 13.7. The molecule has 1 atom stereocenters. The Labute approximate surface area is 116 Å². The van der Waals surface area contributed by atoms with Gasteiger partial charge in [0, 0.05) is 12.2 Å². The summed E-state index contributed by atoms with van der Waals surface area (Å²) in [7, 11) is 0. The number of carbonyl (C=O) groups is 1. The number of ether oxygens (including phenoxy) is 1. The Morgan fingerprint density at radius 2 is 2.05 bits per heavy atom. The van der Waals surface area contributed by atoms with Crippen molar-refractivity contribution in [3.05, 3.63) is 35.4 Å². The summed E-state index contributed by atoms with van der Waals surface area (Å²) in [5, 5.41) is 0. The Morgan fingerprint density at radius 1 is 1.32 bits per heavy atom. The van der Waals surface area contributed by atoms with Gasteiger partial charge in [-0.3, -0.25) is 4.79 Å². The summed E-state index contributed by atoms with van der Waals surface area (Å²) >= 11 is 0. The Morgan fingerprint density at radius 3 is 2.63 bits per heavy atom. The molecule has 2 rings (SSSR count). The molecule has 2 nitrogen and oxygen atoms in total. The molecule has 1 fully saturated rings. The van der Waals surface area contributed by atoms with Crippen molar-refractivity contribution in [3.63, 3.8) is 0 Å². The van der Waals surface area contributed by atoms with Crippen LogP contribution in [-0.2, 0) is 4.74 Å². The summed E-state index contributed by atoms with van der Waals surface area (Å²) in [6.45, 7) is 4.65. The molecule has 0 bridgehead atoms. The molecule has 0 spiro atoms. The van der Waals surface area contributed by atoms with Gasteiger partial charge in [-0.25, -0.2) is 0 Å². The smallest absolute Gasteiger partial charge is 0.191 e. The number of ketones is 1. The van der Waals surface area contributed by atoms with Crippen LogP contribution >= 0.6 is 0 Å². The molecule has 0 N–H and O–H groups in total. The fourth-order valence-corrected chi connectivity index (χ4v) is 2.72. The summed E-state index contributed by atoms with van der Waals surface area (Å²) in [5.41, 5.74) is 2.12. The lowest BCUT2D eigenvalue weighted by molar-refractivity contribution is 0.0421. The number of rotatable bonds is 7. The maximum atomic E-state index is 12.7. The van der Waals surface area contributed by atoms with E-state index in [4.69, 9.17) is 4.74 Å². The monoisotopic (exact) mass is 260 g/mol. The van der Waals surface area contributed by atoms with Crippen LogP contribution < -0.4 is 0 Å². The van der Waals surface area contributed by atoms with Gasteiger partial charge < -0.3 is 4.74 Å². The number of carbonyl (C=O) groups excluding carboxylic acids is 1. The molecule has 0 aliphatic heterocycles. The first-order valence-electron chi connectivity index (χ1n) is 7.52. The highest BCUT2D eigenvalue weighted by atomic mass is 16.5. The Bertz CT molecular complexity index is 415. The second-order valence-corrected chi connectivity index (χ2v) is 5.31. The van der Waals surface area contributed by atoms with Gasteiger partial charge in [0.25, 0.3) is 0 Å². The highest BCUT2D eigenvalue weighted by Gasteiger charge is 2.27. The highest BCUT2D eigenvalue weighted by Crippen LogP contribution is 2.38. The van der Waals surface area contributed by atoms with E-state index >= 15 is 0 Å². The van der Waals surface area contributed by atoms with Crippen molar-refractivity contribution in [1.82, 2.24) is 0 Å². The minimum Gasteiger partial charge on any atom is -0.370 e.